The SMILES string of the molecule is CC(C)Oc1ccc2c(C(=O)c3ccc(OCCN4CCCCC4)cc3)c(-c3ccc(O)cc3)sc2c1. The van der Waals surface area contributed by atoms with Crippen LogP contribution in [-0.2, 0) is 0 Å². The first-order valence-electron chi connectivity index (χ1n) is 13.0. The third-order valence-corrected chi connectivity index (χ3v) is 7.83. The van der Waals surface area contributed by atoms with E-state index in [9.17, 15) is 9.90 Å². The van der Waals surface area contributed by atoms with Crippen molar-refractivity contribution in [3.05, 3.63) is 77.9 Å². The van der Waals surface area contributed by atoms with Gasteiger partial charge in [0.2, 0.25) is 0 Å². The number of fused-ring (bicyclic) bond motifs is 1. The molecule has 0 aliphatic carbocycles. The Morgan fingerprint density at radius 3 is 2.35 bits per heavy atom. The Morgan fingerprint density at radius 1 is 0.946 bits per heavy atom. The number of aromatic hydroxyl groups is 1. The Morgan fingerprint density at radius 2 is 1.65 bits per heavy atom. The van der Waals surface area contributed by atoms with E-state index in [0.717, 1.165) is 51.7 Å². The number of hydrogen-bond donors (Lipinski definition) is 1. The fourth-order valence-corrected chi connectivity index (χ4v) is 6.02. The summed E-state index contributed by atoms with van der Waals surface area (Å²) in [6.45, 7) is 7.88. The molecule has 37 heavy (non-hydrogen) atoms. The lowest BCUT2D eigenvalue weighted by molar-refractivity contribution is 0.104. The predicted octanol–water partition coefficient (Wildman–Crippen LogP) is 7.16. The summed E-state index contributed by atoms with van der Waals surface area (Å²) in [5, 5.41) is 10.7. The number of benzene rings is 3. The van der Waals surface area contributed by atoms with E-state index in [2.05, 4.69) is 4.90 Å². The molecule has 0 unspecified atom stereocenters. The number of piperidine rings is 1. The van der Waals surface area contributed by atoms with Gasteiger partial charge in [0.15, 0.2) is 5.78 Å². The number of phenols is 1. The van der Waals surface area contributed by atoms with Gasteiger partial charge in [-0.05, 0) is 112 Å². The van der Waals surface area contributed by atoms with Crippen LogP contribution in [0.5, 0.6) is 17.2 Å². The molecule has 1 aromatic heterocycles. The van der Waals surface area contributed by atoms with Crippen LogP contribution in [0.25, 0.3) is 20.5 Å². The average Bonchev–Trinajstić information content (AvgIpc) is 3.28. The van der Waals surface area contributed by atoms with E-state index in [1.54, 1.807) is 23.5 Å². The van der Waals surface area contributed by atoms with Crippen LogP contribution in [0.3, 0.4) is 0 Å². The molecule has 5 nitrogen and oxygen atoms in total. The fraction of sp³-hybridized carbons (Fsp3) is 0.323. The van der Waals surface area contributed by atoms with Crippen molar-refractivity contribution in [1.82, 2.24) is 4.90 Å². The van der Waals surface area contributed by atoms with Crippen molar-refractivity contribution >= 4 is 27.2 Å². The molecule has 1 saturated heterocycles. The van der Waals surface area contributed by atoms with Gasteiger partial charge in [-0.1, -0.05) is 6.42 Å². The minimum Gasteiger partial charge on any atom is -0.508 e. The molecular formula is C31H33NO4S. The molecule has 1 fully saturated rings. The summed E-state index contributed by atoms with van der Waals surface area (Å²) < 4.78 is 12.8. The lowest BCUT2D eigenvalue weighted by Gasteiger charge is -2.26. The second-order valence-electron chi connectivity index (χ2n) is 9.78. The number of hydrogen-bond acceptors (Lipinski definition) is 6. The highest BCUT2D eigenvalue weighted by molar-refractivity contribution is 7.22. The van der Waals surface area contributed by atoms with E-state index in [4.69, 9.17) is 9.47 Å². The third kappa shape index (κ3) is 5.97. The number of likely N-dealkylation sites (tertiary alicyclic amines) is 1. The van der Waals surface area contributed by atoms with E-state index in [1.165, 1.54) is 19.3 Å². The fourth-order valence-electron chi connectivity index (χ4n) is 4.79. The average molecular weight is 516 g/mol. The number of nitrogens with zero attached hydrogens (tertiary/aromatic N) is 1. The Bertz CT molecular complexity index is 1350. The van der Waals surface area contributed by atoms with Gasteiger partial charge in [-0.2, -0.15) is 0 Å². The van der Waals surface area contributed by atoms with Crippen molar-refractivity contribution in [2.75, 3.05) is 26.2 Å². The first-order chi connectivity index (χ1) is 18.0. The van der Waals surface area contributed by atoms with Gasteiger partial charge in [-0.3, -0.25) is 9.69 Å². The number of ether oxygens (including phenoxy) is 2. The number of phenolic OH excluding ortho intramolecular Hbond substituents is 1. The highest BCUT2D eigenvalue weighted by Crippen LogP contribution is 2.41. The molecule has 1 N–H and O–H groups in total. The van der Waals surface area contributed by atoms with Crippen molar-refractivity contribution in [2.24, 2.45) is 0 Å². The molecule has 3 aromatic carbocycles. The summed E-state index contributed by atoms with van der Waals surface area (Å²) in [6, 6.07) is 20.3. The molecular weight excluding hydrogens is 482 g/mol. The van der Waals surface area contributed by atoms with E-state index < -0.39 is 0 Å². The third-order valence-electron chi connectivity index (χ3n) is 6.63. The first-order valence-corrected chi connectivity index (χ1v) is 13.8. The van der Waals surface area contributed by atoms with Crippen LogP contribution >= 0.6 is 11.3 Å². The number of ketones is 1. The maximum Gasteiger partial charge on any atom is 0.195 e. The molecule has 0 atom stereocenters. The van der Waals surface area contributed by atoms with Crippen LogP contribution in [0.4, 0.5) is 0 Å². The van der Waals surface area contributed by atoms with Gasteiger partial charge >= 0.3 is 0 Å². The van der Waals surface area contributed by atoms with Crippen LogP contribution in [0.2, 0.25) is 0 Å². The molecule has 1 aliphatic heterocycles. The van der Waals surface area contributed by atoms with Gasteiger partial charge in [0.1, 0.15) is 23.9 Å². The van der Waals surface area contributed by atoms with E-state index in [1.807, 2.05) is 68.4 Å². The molecule has 0 spiro atoms. The minimum atomic E-state index is -0.0354. The molecule has 6 heteroatoms. The Labute approximate surface area is 222 Å². The van der Waals surface area contributed by atoms with Crippen molar-refractivity contribution < 1.29 is 19.4 Å². The zero-order valence-electron chi connectivity index (χ0n) is 21.4. The first kappa shape index (κ1) is 25.3. The number of carbonyl (C=O) groups excluding carboxylic acids is 1. The Balaban J connectivity index is 1.41. The summed E-state index contributed by atoms with van der Waals surface area (Å²) in [5.74, 6) is 1.72. The summed E-state index contributed by atoms with van der Waals surface area (Å²) in [4.78, 5) is 17.2. The van der Waals surface area contributed by atoms with Crippen molar-refractivity contribution in [3.8, 4) is 27.7 Å². The topological polar surface area (TPSA) is 59.0 Å². The zero-order valence-corrected chi connectivity index (χ0v) is 22.2. The lowest BCUT2D eigenvalue weighted by Crippen LogP contribution is -2.33. The largest absolute Gasteiger partial charge is 0.508 e. The van der Waals surface area contributed by atoms with Crippen molar-refractivity contribution in [1.29, 1.82) is 0 Å². The molecule has 0 radical (unpaired) electrons. The van der Waals surface area contributed by atoms with Gasteiger partial charge < -0.3 is 14.6 Å². The molecule has 4 aromatic rings. The number of thiophene rings is 1. The van der Waals surface area contributed by atoms with Crippen molar-refractivity contribution in [2.45, 2.75) is 39.2 Å². The summed E-state index contributed by atoms with van der Waals surface area (Å²) >= 11 is 1.56. The van der Waals surface area contributed by atoms with Crippen LogP contribution in [0, 0.1) is 0 Å². The smallest absolute Gasteiger partial charge is 0.195 e. The van der Waals surface area contributed by atoms with E-state index in [0.29, 0.717) is 17.7 Å². The van der Waals surface area contributed by atoms with Crippen LogP contribution in [0.15, 0.2) is 66.7 Å². The Hall–Kier alpha value is -3.35. The van der Waals surface area contributed by atoms with E-state index >= 15 is 0 Å². The van der Waals surface area contributed by atoms with Crippen molar-refractivity contribution in [3.63, 3.8) is 0 Å². The number of rotatable bonds is 9. The molecule has 0 bridgehead atoms. The standard InChI is InChI=1S/C31H33NO4S/c1-21(2)36-26-14-15-27-28(20-26)37-31(23-6-10-24(33)11-7-23)29(27)30(34)22-8-12-25(13-9-22)35-19-18-32-16-4-3-5-17-32/h6-15,20-21,33H,3-5,16-19H2,1-2H3. The summed E-state index contributed by atoms with van der Waals surface area (Å²) in [6.07, 6.45) is 3.93. The molecule has 192 valence electrons. The van der Waals surface area contributed by atoms with Crippen LogP contribution < -0.4 is 9.47 Å². The highest BCUT2D eigenvalue weighted by atomic mass is 32.1. The molecule has 1 aliphatic rings. The second-order valence-corrected chi connectivity index (χ2v) is 10.8. The predicted molar refractivity (Wildman–Crippen MR) is 150 cm³/mol. The van der Waals surface area contributed by atoms with Gasteiger partial charge in [0.05, 0.1) is 6.10 Å². The van der Waals surface area contributed by atoms with Gasteiger partial charge in [-0.15, -0.1) is 11.3 Å². The molecule has 5 rings (SSSR count). The zero-order chi connectivity index (χ0) is 25.8. The monoisotopic (exact) mass is 515 g/mol. The molecule has 2 heterocycles. The van der Waals surface area contributed by atoms with Crippen LogP contribution in [-0.4, -0.2) is 48.1 Å². The lowest BCUT2D eigenvalue weighted by atomic mass is 9.97. The van der Waals surface area contributed by atoms with Gasteiger partial charge in [0.25, 0.3) is 0 Å². The highest BCUT2D eigenvalue weighted by Gasteiger charge is 2.22. The molecule has 0 saturated carbocycles. The van der Waals surface area contributed by atoms with Gasteiger partial charge in [0, 0.05) is 32.6 Å². The maximum atomic E-state index is 13.9. The number of carbonyl (C=O) groups is 1. The summed E-state index contributed by atoms with van der Waals surface area (Å²) in [7, 11) is 0. The minimum absolute atomic E-state index is 0.0354. The van der Waals surface area contributed by atoms with E-state index in [-0.39, 0.29) is 17.6 Å². The quantitative estimate of drug-likeness (QED) is 0.240. The second kappa shape index (κ2) is 11.4. The summed E-state index contributed by atoms with van der Waals surface area (Å²) in [5.41, 5.74) is 2.18. The van der Waals surface area contributed by atoms with Crippen LogP contribution in [0.1, 0.15) is 49.0 Å². The molecule has 0 amide bonds. The maximum absolute atomic E-state index is 13.9. The van der Waals surface area contributed by atoms with Gasteiger partial charge in [-0.25, -0.2) is 0 Å². The normalized spacial score (nSPS) is 14.2. The Kier molecular flexibility index (Phi) is 7.77.